The van der Waals surface area contributed by atoms with Crippen molar-refractivity contribution in [3.8, 4) is 5.75 Å². The van der Waals surface area contributed by atoms with E-state index in [0.29, 0.717) is 5.75 Å². The Kier molecular flexibility index (Phi) is 5.56. The van der Waals surface area contributed by atoms with E-state index >= 15 is 0 Å². The van der Waals surface area contributed by atoms with Crippen molar-refractivity contribution in [1.29, 1.82) is 0 Å². The first-order valence-corrected chi connectivity index (χ1v) is 7.58. The van der Waals surface area contributed by atoms with Gasteiger partial charge in [-0.25, -0.2) is 4.79 Å². The number of hydrogen-bond acceptors (Lipinski definition) is 2. The number of amides is 2. The largest absolute Gasteiger partial charge is 0.496 e. The first-order valence-electron chi connectivity index (χ1n) is 7.58. The first kappa shape index (κ1) is 18.6. The van der Waals surface area contributed by atoms with Gasteiger partial charge in [0.15, 0.2) is 0 Å². The Hall–Kier alpha value is -2.70. The van der Waals surface area contributed by atoms with E-state index in [9.17, 15) is 18.0 Å². The molecule has 134 valence electrons. The van der Waals surface area contributed by atoms with E-state index in [-0.39, 0.29) is 11.7 Å². The average Bonchev–Trinajstić information content (AvgIpc) is 2.60. The fraction of sp³-hybridized carbons (Fsp3) is 0.278. The van der Waals surface area contributed by atoms with Crippen molar-refractivity contribution in [3.63, 3.8) is 0 Å². The smallest absolute Gasteiger partial charge is 0.416 e. The van der Waals surface area contributed by atoms with Crippen LogP contribution in [0.15, 0.2) is 48.5 Å². The number of anilines is 1. The van der Waals surface area contributed by atoms with Crippen molar-refractivity contribution >= 4 is 11.7 Å². The molecule has 0 aliphatic rings. The number of para-hydroxylation sites is 1. The van der Waals surface area contributed by atoms with Crippen LogP contribution >= 0.6 is 0 Å². The summed E-state index contributed by atoms with van der Waals surface area (Å²) in [7, 11) is 3.16. The van der Waals surface area contributed by atoms with Crippen LogP contribution in [0.3, 0.4) is 0 Å². The number of carbonyl (C=O) groups is 1. The van der Waals surface area contributed by atoms with Crippen LogP contribution in [-0.4, -0.2) is 25.1 Å². The lowest BCUT2D eigenvalue weighted by atomic mass is 10.1. The number of urea groups is 1. The Morgan fingerprint density at radius 1 is 1.12 bits per heavy atom. The Morgan fingerprint density at radius 2 is 1.72 bits per heavy atom. The van der Waals surface area contributed by atoms with Gasteiger partial charge in [0.2, 0.25) is 0 Å². The van der Waals surface area contributed by atoms with Crippen LogP contribution < -0.4 is 10.1 Å². The van der Waals surface area contributed by atoms with Crippen molar-refractivity contribution in [2.45, 2.75) is 19.1 Å². The van der Waals surface area contributed by atoms with E-state index in [1.165, 1.54) is 17.0 Å². The minimum atomic E-state index is -4.41. The number of hydrogen-bond donors (Lipinski definition) is 1. The Morgan fingerprint density at radius 3 is 2.28 bits per heavy atom. The fourth-order valence-corrected chi connectivity index (χ4v) is 2.35. The van der Waals surface area contributed by atoms with Gasteiger partial charge in [-0.3, -0.25) is 0 Å². The van der Waals surface area contributed by atoms with Gasteiger partial charge in [-0.15, -0.1) is 0 Å². The van der Waals surface area contributed by atoms with Crippen LogP contribution in [0.2, 0.25) is 0 Å². The molecule has 0 aromatic heterocycles. The first-order chi connectivity index (χ1) is 11.7. The molecule has 0 heterocycles. The van der Waals surface area contributed by atoms with Crippen molar-refractivity contribution in [2.24, 2.45) is 0 Å². The molecule has 0 aliphatic heterocycles. The van der Waals surface area contributed by atoms with Gasteiger partial charge < -0.3 is 15.0 Å². The molecule has 0 saturated heterocycles. The second-order valence-electron chi connectivity index (χ2n) is 5.53. The zero-order chi connectivity index (χ0) is 18.6. The minimum absolute atomic E-state index is 0.286. The number of alkyl halides is 3. The molecule has 2 amide bonds. The van der Waals surface area contributed by atoms with Gasteiger partial charge in [0.1, 0.15) is 5.75 Å². The van der Waals surface area contributed by atoms with Gasteiger partial charge in [-0.05, 0) is 37.3 Å². The lowest BCUT2D eigenvalue weighted by Crippen LogP contribution is -2.33. The number of rotatable bonds is 4. The molecule has 0 saturated carbocycles. The van der Waals surface area contributed by atoms with Gasteiger partial charge in [0.05, 0.1) is 18.7 Å². The van der Waals surface area contributed by atoms with E-state index in [1.54, 1.807) is 20.2 Å². The SMILES string of the molecule is COc1ccccc1[C@H](C)N(C)C(=O)Nc1ccc(C(F)(F)F)cc1. The molecule has 4 nitrogen and oxygen atoms in total. The molecule has 0 bridgehead atoms. The van der Waals surface area contributed by atoms with Crippen LogP contribution in [0.5, 0.6) is 5.75 Å². The van der Waals surface area contributed by atoms with Crippen LogP contribution in [0.25, 0.3) is 0 Å². The summed E-state index contributed by atoms with van der Waals surface area (Å²) in [6.07, 6.45) is -4.41. The molecule has 0 aliphatic carbocycles. The van der Waals surface area contributed by atoms with E-state index in [1.807, 2.05) is 25.1 Å². The molecule has 0 radical (unpaired) electrons. The van der Waals surface area contributed by atoms with Crippen molar-refractivity contribution < 1.29 is 22.7 Å². The molecule has 1 atom stereocenters. The van der Waals surface area contributed by atoms with Crippen LogP contribution in [-0.2, 0) is 6.18 Å². The standard InChI is InChI=1S/C18H19F3N2O2/c1-12(15-6-4-5-7-16(15)25-3)23(2)17(24)22-14-10-8-13(9-11-14)18(19,20)21/h4-12H,1-3H3,(H,22,24)/t12-/m0/s1. The highest BCUT2D eigenvalue weighted by atomic mass is 19.4. The second kappa shape index (κ2) is 7.46. The number of carbonyl (C=O) groups excluding carboxylic acids is 1. The van der Waals surface area contributed by atoms with Gasteiger partial charge in [0, 0.05) is 18.3 Å². The van der Waals surface area contributed by atoms with Crippen molar-refractivity contribution in [1.82, 2.24) is 4.90 Å². The predicted octanol–water partition coefficient (Wildman–Crippen LogP) is 4.94. The summed E-state index contributed by atoms with van der Waals surface area (Å²) in [5, 5.41) is 2.59. The third kappa shape index (κ3) is 4.43. The maximum absolute atomic E-state index is 12.6. The van der Waals surface area contributed by atoms with E-state index in [4.69, 9.17) is 4.74 Å². The number of methoxy groups -OCH3 is 1. The van der Waals surface area contributed by atoms with Gasteiger partial charge in [0.25, 0.3) is 0 Å². The summed E-state index contributed by atoms with van der Waals surface area (Å²) in [6.45, 7) is 1.84. The molecule has 25 heavy (non-hydrogen) atoms. The maximum Gasteiger partial charge on any atom is 0.416 e. The summed E-state index contributed by atoms with van der Waals surface area (Å²) in [6, 6.07) is 10.9. The topological polar surface area (TPSA) is 41.6 Å². The van der Waals surface area contributed by atoms with E-state index in [0.717, 1.165) is 17.7 Å². The molecule has 7 heteroatoms. The van der Waals surface area contributed by atoms with Gasteiger partial charge in [-0.1, -0.05) is 18.2 Å². The Balaban J connectivity index is 2.09. The summed E-state index contributed by atoms with van der Waals surface area (Å²) >= 11 is 0. The maximum atomic E-state index is 12.6. The molecule has 0 unspecified atom stereocenters. The molecule has 2 aromatic carbocycles. The molecular weight excluding hydrogens is 333 g/mol. The molecule has 2 aromatic rings. The number of nitrogens with zero attached hydrogens (tertiary/aromatic N) is 1. The molecule has 1 N–H and O–H groups in total. The summed E-state index contributed by atoms with van der Waals surface area (Å²) < 4.78 is 43.0. The van der Waals surface area contributed by atoms with Gasteiger partial charge >= 0.3 is 12.2 Å². The summed E-state index contributed by atoms with van der Waals surface area (Å²) in [4.78, 5) is 13.8. The molecule has 0 fully saturated rings. The summed E-state index contributed by atoms with van der Waals surface area (Å²) in [5.41, 5.74) is 0.355. The fourth-order valence-electron chi connectivity index (χ4n) is 2.35. The van der Waals surface area contributed by atoms with Crippen molar-refractivity contribution in [2.75, 3.05) is 19.5 Å². The highest BCUT2D eigenvalue weighted by molar-refractivity contribution is 5.89. The lowest BCUT2D eigenvalue weighted by Gasteiger charge is -2.26. The average molecular weight is 352 g/mol. The van der Waals surface area contributed by atoms with Crippen LogP contribution in [0, 0.1) is 0 Å². The minimum Gasteiger partial charge on any atom is -0.496 e. The number of benzene rings is 2. The lowest BCUT2D eigenvalue weighted by molar-refractivity contribution is -0.137. The quantitative estimate of drug-likeness (QED) is 0.847. The highest BCUT2D eigenvalue weighted by Crippen LogP contribution is 2.31. The zero-order valence-corrected chi connectivity index (χ0v) is 14.1. The Labute approximate surface area is 144 Å². The van der Waals surface area contributed by atoms with E-state index in [2.05, 4.69) is 5.32 Å². The number of ether oxygens (including phenoxy) is 1. The van der Waals surface area contributed by atoms with E-state index < -0.39 is 17.8 Å². The zero-order valence-electron chi connectivity index (χ0n) is 14.1. The molecule has 0 spiro atoms. The van der Waals surface area contributed by atoms with Crippen LogP contribution in [0.1, 0.15) is 24.1 Å². The van der Waals surface area contributed by atoms with Crippen LogP contribution in [0.4, 0.5) is 23.7 Å². The summed E-state index contributed by atoms with van der Waals surface area (Å²) in [5.74, 6) is 0.657. The number of halogens is 3. The molecular formula is C18H19F3N2O2. The normalized spacial score (nSPS) is 12.4. The third-order valence-electron chi connectivity index (χ3n) is 3.95. The number of nitrogens with one attached hydrogen (secondary N) is 1. The predicted molar refractivity (Wildman–Crippen MR) is 89.6 cm³/mol. The second-order valence-corrected chi connectivity index (χ2v) is 5.53. The van der Waals surface area contributed by atoms with Gasteiger partial charge in [-0.2, -0.15) is 13.2 Å². The highest BCUT2D eigenvalue weighted by Gasteiger charge is 2.30. The van der Waals surface area contributed by atoms with Crippen molar-refractivity contribution in [3.05, 3.63) is 59.7 Å². The monoisotopic (exact) mass is 352 g/mol. The molecule has 2 rings (SSSR count). The Bertz CT molecular complexity index is 730. The third-order valence-corrected chi connectivity index (χ3v) is 3.95.